The van der Waals surface area contributed by atoms with Gasteiger partial charge in [0.05, 0.1) is 13.2 Å². The van der Waals surface area contributed by atoms with Crippen molar-refractivity contribution in [3.05, 3.63) is 45.8 Å². The minimum absolute atomic E-state index is 0.0124. The number of nitrogens with zero attached hydrogens (tertiary/aromatic N) is 1. The zero-order chi connectivity index (χ0) is 14.5. The number of hydrogen-bond donors (Lipinski definition) is 2. The first kappa shape index (κ1) is 14.7. The predicted molar refractivity (Wildman–Crippen MR) is 76.7 cm³/mol. The second-order valence-corrected chi connectivity index (χ2v) is 4.81. The number of aryl methyl sites for hydroxylation is 1. The van der Waals surface area contributed by atoms with Crippen molar-refractivity contribution >= 4 is 11.0 Å². The van der Waals surface area contributed by atoms with Crippen LogP contribution in [0.3, 0.4) is 0 Å². The van der Waals surface area contributed by atoms with Gasteiger partial charge >= 0.3 is 5.63 Å². The van der Waals surface area contributed by atoms with Crippen molar-refractivity contribution in [3.8, 4) is 0 Å². The summed E-state index contributed by atoms with van der Waals surface area (Å²) in [5.41, 5.74) is 2.06. The lowest BCUT2D eigenvalue weighted by atomic mass is 10.1. The fourth-order valence-electron chi connectivity index (χ4n) is 2.26. The molecular formula is C15H19NO4. The first-order valence-electron chi connectivity index (χ1n) is 6.61. The summed E-state index contributed by atoms with van der Waals surface area (Å²) in [5, 5.41) is 19.0. The monoisotopic (exact) mass is 277 g/mol. The zero-order valence-electron chi connectivity index (χ0n) is 11.5. The van der Waals surface area contributed by atoms with Crippen LogP contribution < -0.4 is 5.63 Å². The molecule has 0 unspecified atom stereocenters. The zero-order valence-corrected chi connectivity index (χ0v) is 11.5. The summed E-state index contributed by atoms with van der Waals surface area (Å²) in [7, 11) is 0. The van der Waals surface area contributed by atoms with Gasteiger partial charge in [0, 0.05) is 31.1 Å². The maximum Gasteiger partial charge on any atom is 0.336 e. The summed E-state index contributed by atoms with van der Waals surface area (Å²) < 4.78 is 5.21. The molecule has 2 N–H and O–H groups in total. The Hall–Kier alpha value is -1.69. The van der Waals surface area contributed by atoms with Gasteiger partial charge < -0.3 is 14.6 Å². The molecule has 0 amide bonds. The predicted octanol–water partition coefficient (Wildman–Crippen LogP) is 0.888. The molecule has 0 aliphatic rings. The average Bonchev–Trinajstić information content (AvgIpc) is 2.38. The van der Waals surface area contributed by atoms with E-state index in [-0.39, 0.29) is 18.8 Å². The van der Waals surface area contributed by atoms with Crippen molar-refractivity contribution in [2.24, 2.45) is 0 Å². The van der Waals surface area contributed by atoms with Gasteiger partial charge in [-0.15, -0.1) is 0 Å². The van der Waals surface area contributed by atoms with Gasteiger partial charge in [0.25, 0.3) is 0 Å². The van der Waals surface area contributed by atoms with Gasteiger partial charge in [-0.2, -0.15) is 0 Å². The SMILES string of the molecule is Cc1ccc2c(CN(CCO)CCO)cc(=O)oc2c1. The van der Waals surface area contributed by atoms with Gasteiger partial charge in [-0.3, -0.25) is 4.90 Å². The molecule has 5 heteroatoms. The fraction of sp³-hybridized carbons (Fsp3) is 0.400. The average molecular weight is 277 g/mol. The molecular weight excluding hydrogens is 258 g/mol. The van der Waals surface area contributed by atoms with Crippen LogP contribution in [0.2, 0.25) is 0 Å². The Morgan fingerprint density at radius 1 is 1.15 bits per heavy atom. The smallest absolute Gasteiger partial charge is 0.336 e. The van der Waals surface area contributed by atoms with Crippen molar-refractivity contribution in [1.29, 1.82) is 0 Å². The molecule has 108 valence electrons. The van der Waals surface area contributed by atoms with E-state index >= 15 is 0 Å². The third-order valence-electron chi connectivity index (χ3n) is 3.21. The van der Waals surface area contributed by atoms with E-state index in [1.54, 1.807) is 0 Å². The molecule has 2 aromatic rings. The van der Waals surface area contributed by atoms with E-state index in [4.69, 9.17) is 14.6 Å². The van der Waals surface area contributed by atoms with Crippen LogP contribution in [0, 0.1) is 6.92 Å². The Morgan fingerprint density at radius 3 is 2.50 bits per heavy atom. The molecule has 0 fully saturated rings. The summed E-state index contributed by atoms with van der Waals surface area (Å²) in [6, 6.07) is 7.20. The Bertz CT molecular complexity index is 629. The first-order valence-corrected chi connectivity index (χ1v) is 6.61. The van der Waals surface area contributed by atoms with E-state index in [1.807, 2.05) is 30.0 Å². The second-order valence-electron chi connectivity index (χ2n) is 4.81. The lowest BCUT2D eigenvalue weighted by Crippen LogP contribution is -2.29. The lowest BCUT2D eigenvalue weighted by molar-refractivity contribution is 0.156. The Kier molecular flexibility index (Phi) is 4.89. The highest BCUT2D eigenvalue weighted by Crippen LogP contribution is 2.19. The second kappa shape index (κ2) is 6.65. The number of fused-ring (bicyclic) bond motifs is 1. The molecule has 5 nitrogen and oxygen atoms in total. The van der Waals surface area contributed by atoms with Crippen LogP contribution in [0.4, 0.5) is 0 Å². The molecule has 1 aromatic heterocycles. The van der Waals surface area contributed by atoms with Gasteiger partial charge in [0.15, 0.2) is 0 Å². The Labute approximate surface area is 117 Å². The first-order chi connectivity index (χ1) is 9.63. The molecule has 1 aromatic carbocycles. The number of benzene rings is 1. The van der Waals surface area contributed by atoms with E-state index in [2.05, 4.69) is 0 Å². The highest BCUT2D eigenvalue weighted by molar-refractivity contribution is 5.80. The van der Waals surface area contributed by atoms with E-state index in [0.29, 0.717) is 25.2 Å². The standard InChI is InChI=1S/C15H19NO4/c1-11-2-3-13-12(9-15(19)20-14(13)8-11)10-16(4-6-17)5-7-18/h2-3,8-9,17-18H,4-7,10H2,1H3. The van der Waals surface area contributed by atoms with E-state index in [0.717, 1.165) is 16.5 Å². The maximum atomic E-state index is 11.6. The van der Waals surface area contributed by atoms with Crippen LogP contribution in [0.1, 0.15) is 11.1 Å². The number of aliphatic hydroxyl groups excluding tert-OH is 2. The third kappa shape index (κ3) is 3.45. The number of hydrogen-bond acceptors (Lipinski definition) is 5. The van der Waals surface area contributed by atoms with Crippen molar-refractivity contribution in [1.82, 2.24) is 4.90 Å². The van der Waals surface area contributed by atoms with Gasteiger partial charge in [-0.1, -0.05) is 12.1 Å². The van der Waals surface area contributed by atoms with Gasteiger partial charge in [0.2, 0.25) is 0 Å². The van der Waals surface area contributed by atoms with Crippen LogP contribution in [-0.2, 0) is 6.54 Å². The van der Waals surface area contributed by atoms with E-state index in [9.17, 15) is 4.79 Å². The van der Waals surface area contributed by atoms with Crippen LogP contribution in [0.15, 0.2) is 33.5 Å². The molecule has 0 bridgehead atoms. The largest absolute Gasteiger partial charge is 0.423 e. The minimum Gasteiger partial charge on any atom is -0.423 e. The van der Waals surface area contributed by atoms with Crippen molar-refractivity contribution < 1.29 is 14.6 Å². The molecule has 20 heavy (non-hydrogen) atoms. The highest BCUT2D eigenvalue weighted by atomic mass is 16.4. The topological polar surface area (TPSA) is 73.9 Å². The third-order valence-corrected chi connectivity index (χ3v) is 3.21. The van der Waals surface area contributed by atoms with E-state index in [1.165, 1.54) is 6.07 Å². The molecule has 0 aliphatic carbocycles. The molecule has 0 aliphatic heterocycles. The number of rotatable bonds is 6. The summed E-state index contributed by atoms with van der Waals surface area (Å²) in [6.45, 7) is 3.36. The normalized spacial score (nSPS) is 11.4. The summed E-state index contributed by atoms with van der Waals surface area (Å²) in [4.78, 5) is 13.5. The quantitative estimate of drug-likeness (QED) is 0.767. The summed E-state index contributed by atoms with van der Waals surface area (Å²) in [5.74, 6) is 0. The summed E-state index contributed by atoms with van der Waals surface area (Å²) in [6.07, 6.45) is 0. The van der Waals surface area contributed by atoms with Crippen LogP contribution >= 0.6 is 0 Å². The number of aliphatic hydroxyl groups is 2. The van der Waals surface area contributed by atoms with Gasteiger partial charge in [0.1, 0.15) is 5.58 Å². The molecule has 1 heterocycles. The minimum atomic E-state index is -0.383. The molecule has 0 atom stereocenters. The maximum absolute atomic E-state index is 11.6. The van der Waals surface area contributed by atoms with Crippen LogP contribution in [0.5, 0.6) is 0 Å². The van der Waals surface area contributed by atoms with Crippen molar-refractivity contribution in [2.75, 3.05) is 26.3 Å². The van der Waals surface area contributed by atoms with Crippen molar-refractivity contribution in [3.63, 3.8) is 0 Å². The summed E-state index contributed by atoms with van der Waals surface area (Å²) >= 11 is 0. The highest BCUT2D eigenvalue weighted by Gasteiger charge is 2.10. The fourth-order valence-corrected chi connectivity index (χ4v) is 2.26. The van der Waals surface area contributed by atoms with Crippen LogP contribution in [0.25, 0.3) is 11.0 Å². The molecule has 0 spiro atoms. The van der Waals surface area contributed by atoms with Gasteiger partial charge in [-0.05, 0) is 24.1 Å². The lowest BCUT2D eigenvalue weighted by Gasteiger charge is -2.20. The Morgan fingerprint density at radius 2 is 1.85 bits per heavy atom. The molecule has 0 saturated heterocycles. The van der Waals surface area contributed by atoms with Crippen LogP contribution in [-0.4, -0.2) is 41.4 Å². The van der Waals surface area contributed by atoms with E-state index < -0.39 is 0 Å². The molecule has 2 rings (SSSR count). The Balaban J connectivity index is 2.39. The molecule has 0 radical (unpaired) electrons. The van der Waals surface area contributed by atoms with Crippen molar-refractivity contribution in [2.45, 2.75) is 13.5 Å². The molecule has 0 saturated carbocycles. The van der Waals surface area contributed by atoms with Gasteiger partial charge in [-0.25, -0.2) is 4.79 Å².